The van der Waals surface area contributed by atoms with E-state index in [0.717, 1.165) is 57.9 Å². The van der Waals surface area contributed by atoms with Crippen LogP contribution in [-0.2, 0) is 6.54 Å². The van der Waals surface area contributed by atoms with E-state index in [1.807, 2.05) is 11.0 Å². The third-order valence-electron chi connectivity index (χ3n) is 6.83. The summed E-state index contributed by atoms with van der Waals surface area (Å²) in [5, 5.41) is 8.96. The Morgan fingerprint density at radius 1 is 1.06 bits per heavy atom. The van der Waals surface area contributed by atoms with Gasteiger partial charge in [-0.15, -0.1) is 0 Å². The molecule has 2 aliphatic heterocycles. The maximum absolute atomic E-state index is 12.9. The summed E-state index contributed by atoms with van der Waals surface area (Å²) in [5.41, 5.74) is 2.83. The molecule has 0 radical (unpaired) electrons. The molecule has 0 N–H and O–H groups in total. The summed E-state index contributed by atoms with van der Waals surface area (Å²) >= 11 is 0. The molecular weight excluding hydrogens is 398 g/mol. The van der Waals surface area contributed by atoms with Crippen molar-refractivity contribution in [1.29, 1.82) is 5.26 Å². The van der Waals surface area contributed by atoms with Crippen molar-refractivity contribution in [3.8, 4) is 11.8 Å². The summed E-state index contributed by atoms with van der Waals surface area (Å²) in [7, 11) is 0. The van der Waals surface area contributed by atoms with Crippen LogP contribution in [0.25, 0.3) is 0 Å². The largest absolute Gasteiger partial charge is 0.493 e. The monoisotopic (exact) mass is 431 g/mol. The Morgan fingerprint density at radius 3 is 2.44 bits per heavy atom. The van der Waals surface area contributed by atoms with Crippen molar-refractivity contribution in [2.45, 2.75) is 39.7 Å². The number of para-hydroxylation sites is 1. The Kier molecular flexibility index (Phi) is 6.81. The second kappa shape index (κ2) is 9.75. The van der Waals surface area contributed by atoms with Gasteiger partial charge in [-0.3, -0.25) is 9.69 Å². The third-order valence-corrected chi connectivity index (χ3v) is 6.83. The van der Waals surface area contributed by atoms with Crippen molar-refractivity contribution >= 4 is 5.91 Å². The first-order chi connectivity index (χ1) is 15.5. The van der Waals surface area contributed by atoms with Crippen molar-refractivity contribution in [2.24, 2.45) is 11.3 Å². The number of hydrogen-bond donors (Lipinski definition) is 0. The maximum Gasteiger partial charge on any atom is 0.253 e. The number of carbonyl (C=O) groups is 1. The zero-order valence-corrected chi connectivity index (χ0v) is 19.2. The molecule has 32 heavy (non-hydrogen) atoms. The van der Waals surface area contributed by atoms with Gasteiger partial charge in [0.2, 0.25) is 0 Å². The standard InChI is InChI=1S/C27H33N3O2/c1-21(2)19-32-25-6-4-3-5-24(25)18-29-14-11-27(20-29)12-15-30(16-13-27)26(31)23-9-7-22(17-28)8-10-23/h3-10,21H,11-16,18-20H2,1-2H3. The molecule has 0 bridgehead atoms. The fourth-order valence-corrected chi connectivity index (χ4v) is 4.90. The second-order valence-electron chi connectivity index (χ2n) is 9.75. The Bertz CT molecular complexity index is 969. The quantitative estimate of drug-likeness (QED) is 0.664. The predicted octanol–water partition coefficient (Wildman–Crippen LogP) is 4.72. The molecule has 1 spiro atoms. The van der Waals surface area contributed by atoms with Gasteiger partial charge in [-0.1, -0.05) is 32.0 Å². The van der Waals surface area contributed by atoms with Crippen LogP contribution >= 0.6 is 0 Å². The van der Waals surface area contributed by atoms with Crippen molar-refractivity contribution in [3.05, 3.63) is 65.2 Å². The first-order valence-electron chi connectivity index (χ1n) is 11.7. The number of ether oxygens (including phenoxy) is 1. The van der Waals surface area contributed by atoms with E-state index in [1.165, 1.54) is 12.0 Å². The SMILES string of the molecule is CC(C)COc1ccccc1CN1CCC2(CCN(C(=O)c3ccc(C#N)cc3)CC2)C1. The minimum Gasteiger partial charge on any atom is -0.493 e. The average Bonchev–Trinajstić information content (AvgIpc) is 3.20. The smallest absolute Gasteiger partial charge is 0.253 e. The Morgan fingerprint density at radius 2 is 1.75 bits per heavy atom. The van der Waals surface area contributed by atoms with E-state index in [9.17, 15) is 4.79 Å². The Labute approximate surface area is 191 Å². The number of piperidine rings is 1. The van der Waals surface area contributed by atoms with E-state index < -0.39 is 0 Å². The molecule has 0 aromatic heterocycles. The topological polar surface area (TPSA) is 56.6 Å². The van der Waals surface area contributed by atoms with Crippen LogP contribution in [-0.4, -0.2) is 48.5 Å². The summed E-state index contributed by atoms with van der Waals surface area (Å²) in [4.78, 5) is 17.4. The Balaban J connectivity index is 1.32. The number of likely N-dealkylation sites (tertiary alicyclic amines) is 2. The lowest BCUT2D eigenvalue weighted by molar-refractivity contribution is 0.0587. The summed E-state index contributed by atoms with van der Waals surface area (Å²) in [6, 6.07) is 17.5. The molecule has 168 valence electrons. The minimum atomic E-state index is 0.0791. The molecule has 5 nitrogen and oxygen atoms in total. The van der Waals surface area contributed by atoms with E-state index >= 15 is 0 Å². The molecule has 0 aliphatic carbocycles. The number of benzene rings is 2. The van der Waals surface area contributed by atoms with Gasteiger partial charge in [0.1, 0.15) is 5.75 Å². The first kappa shape index (κ1) is 22.4. The lowest BCUT2D eigenvalue weighted by atomic mass is 9.77. The molecule has 0 unspecified atom stereocenters. The third kappa shape index (κ3) is 5.14. The van der Waals surface area contributed by atoms with Crippen molar-refractivity contribution in [3.63, 3.8) is 0 Å². The second-order valence-corrected chi connectivity index (χ2v) is 9.75. The number of hydrogen-bond acceptors (Lipinski definition) is 4. The molecule has 2 fully saturated rings. The first-order valence-corrected chi connectivity index (χ1v) is 11.7. The number of nitrogens with zero attached hydrogens (tertiary/aromatic N) is 3. The highest BCUT2D eigenvalue weighted by atomic mass is 16.5. The van der Waals surface area contributed by atoms with Crippen LogP contribution in [0.15, 0.2) is 48.5 Å². The van der Waals surface area contributed by atoms with Crippen molar-refractivity contribution < 1.29 is 9.53 Å². The lowest BCUT2D eigenvalue weighted by Crippen LogP contribution is -2.44. The van der Waals surface area contributed by atoms with Crippen LogP contribution in [0.2, 0.25) is 0 Å². The van der Waals surface area contributed by atoms with Gasteiger partial charge in [0.05, 0.1) is 18.2 Å². The van der Waals surface area contributed by atoms with Crippen LogP contribution < -0.4 is 4.74 Å². The molecule has 1 amide bonds. The van der Waals surface area contributed by atoms with E-state index in [0.29, 0.717) is 22.5 Å². The molecule has 2 aromatic carbocycles. The maximum atomic E-state index is 12.9. The highest BCUT2D eigenvalue weighted by Gasteiger charge is 2.41. The summed E-state index contributed by atoms with van der Waals surface area (Å²) in [6.45, 7) is 9.80. The van der Waals surface area contributed by atoms with Gasteiger partial charge >= 0.3 is 0 Å². The van der Waals surface area contributed by atoms with Crippen molar-refractivity contribution in [1.82, 2.24) is 9.80 Å². The van der Waals surface area contributed by atoms with Gasteiger partial charge in [0.25, 0.3) is 5.91 Å². The molecule has 0 saturated carbocycles. The van der Waals surface area contributed by atoms with Gasteiger partial charge < -0.3 is 9.64 Å². The number of carbonyl (C=O) groups excluding carboxylic acids is 1. The number of nitriles is 1. The molecule has 2 aliphatic rings. The molecule has 4 rings (SSSR count). The van der Waals surface area contributed by atoms with Crippen LogP contribution in [0, 0.1) is 22.7 Å². The highest BCUT2D eigenvalue weighted by Crippen LogP contribution is 2.41. The molecule has 2 saturated heterocycles. The van der Waals surface area contributed by atoms with Gasteiger partial charge in [-0.25, -0.2) is 0 Å². The molecule has 0 atom stereocenters. The van der Waals surface area contributed by atoms with Crippen LogP contribution in [0.5, 0.6) is 5.75 Å². The van der Waals surface area contributed by atoms with Crippen LogP contribution in [0.3, 0.4) is 0 Å². The Hall–Kier alpha value is -2.84. The number of amides is 1. The zero-order valence-electron chi connectivity index (χ0n) is 19.2. The van der Waals surface area contributed by atoms with Crippen molar-refractivity contribution in [2.75, 3.05) is 32.8 Å². The molecule has 2 aromatic rings. The minimum absolute atomic E-state index is 0.0791. The van der Waals surface area contributed by atoms with E-state index in [4.69, 9.17) is 10.00 Å². The van der Waals surface area contributed by atoms with Gasteiger partial charge in [0.15, 0.2) is 0 Å². The normalized spacial score (nSPS) is 18.1. The van der Waals surface area contributed by atoms with Gasteiger partial charge in [0, 0.05) is 37.3 Å². The zero-order chi connectivity index (χ0) is 22.6. The van der Waals surface area contributed by atoms with E-state index in [1.54, 1.807) is 24.3 Å². The summed E-state index contributed by atoms with van der Waals surface area (Å²) in [5.74, 6) is 1.59. The molecular formula is C27H33N3O2. The molecule has 2 heterocycles. The van der Waals surface area contributed by atoms with Gasteiger partial charge in [-0.2, -0.15) is 5.26 Å². The summed E-state index contributed by atoms with van der Waals surface area (Å²) < 4.78 is 6.05. The fraction of sp³-hybridized carbons (Fsp3) is 0.481. The van der Waals surface area contributed by atoms with E-state index in [2.05, 4.69) is 43.0 Å². The number of rotatable bonds is 6. The average molecular weight is 432 g/mol. The fourth-order valence-electron chi connectivity index (χ4n) is 4.90. The molecule has 5 heteroatoms. The van der Waals surface area contributed by atoms with E-state index in [-0.39, 0.29) is 5.91 Å². The van der Waals surface area contributed by atoms with Gasteiger partial charge in [-0.05, 0) is 67.5 Å². The highest BCUT2D eigenvalue weighted by molar-refractivity contribution is 5.94. The van der Waals surface area contributed by atoms with Crippen LogP contribution in [0.1, 0.15) is 54.6 Å². The summed E-state index contributed by atoms with van der Waals surface area (Å²) in [6.07, 6.45) is 3.30. The lowest BCUT2D eigenvalue weighted by Gasteiger charge is -2.39. The predicted molar refractivity (Wildman–Crippen MR) is 125 cm³/mol. The van der Waals surface area contributed by atoms with Crippen LogP contribution in [0.4, 0.5) is 0 Å².